The Bertz CT molecular complexity index is 832. The van der Waals surface area contributed by atoms with Crippen LogP contribution in [0.2, 0.25) is 0 Å². The monoisotopic (exact) mass is 395 g/mol. The first-order valence-corrected chi connectivity index (χ1v) is 10.7. The average Bonchev–Trinajstić information content (AvgIpc) is 2.94. The molecule has 0 aliphatic carbocycles. The molecule has 1 aromatic carbocycles. The molecular formula is C17H25N5O2S2. The van der Waals surface area contributed by atoms with Crippen LogP contribution in [0.4, 0.5) is 0 Å². The first-order chi connectivity index (χ1) is 12.4. The summed E-state index contributed by atoms with van der Waals surface area (Å²) in [6.07, 6.45) is 0. The molecule has 0 bridgehead atoms. The van der Waals surface area contributed by atoms with E-state index in [9.17, 15) is 8.42 Å². The summed E-state index contributed by atoms with van der Waals surface area (Å²) in [6, 6.07) is 8.32. The normalized spacial score (nSPS) is 12.2. The van der Waals surface area contributed by atoms with Crippen molar-refractivity contribution in [3.63, 3.8) is 0 Å². The van der Waals surface area contributed by atoms with Gasteiger partial charge in [0.1, 0.15) is 0 Å². The number of sulfonamides is 1. The molecule has 0 aliphatic rings. The maximum absolute atomic E-state index is 12.2. The minimum absolute atomic E-state index is 0.261. The standard InChI is InChI=1S/C17H25N5O2S2/c1-4-18-17(20-12-16-13(2)22-14(3)25-16)19-10-11-21-26(23,24)15-8-6-5-7-9-15/h5-9,21H,4,10-12H2,1-3H3,(H2,18,19,20). The number of nitrogens with zero attached hydrogens (tertiary/aromatic N) is 2. The average molecular weight is 396 g/mol. The van der Waals surface area contributed by atoms with Crippen LogP contribution in [0.3, 0.4) is 0 Å². The van der Waals surface area contributed by atoms with Gasteiger partial charge in [0.15, 0.2) is 5.96 Å². The van der Waals surface area contributed by atoms with Gasteiger partial charge in [0.05, 0.1) is 22.1 Å². The lowest BCUT2D eigenvalue weighted by Crippen LogP contribution is -2.41. The van der Waals surface area contributed by atoms with Crippen LogP contribution in [-0.4, -0.2) is 39.0 Å². The SMILES string of the molecule is CCNC(=NCc1sc(C)nc1C)NCCNS(=O)(=O)c1ccccc1. The Morgan fingerprint density at radius 2 is 1.88 bits per heavy atom. The van der Waals surface area contributed by atoms with Gasteiger partial charge in [-0.05, 0) is 32.9 Å². The minimum Gasteiger partial charge on any atom is -0.357 e. The van der Waals surface area contributed by atoms with Gasteiger partial charge in [0.2, 0.25) is 10.0 Å². The van der Waals surface area contributed by atoms with Crippen molar-refractivity contribution in [3.8, 4) is 0 Å². The van der Waals surface area contributed by atoms with Gasteiger partial charge in [-0.3, -0.25) is 0 Å². The highest BCUT2D eigenvalue weighted by Gasteiger charge is 2.12. The summed E-state index contributed by atoms with van der Waals surface area (Å²) in [5, 5.41) is 7.32. The number of aromatic nitrogens is 1. The van der Waals surface area contributed by atoms with Gasteiger partial charge in [-0.2, -0.15) is 0 Å². The number of aryl methyl sites for hydroxylation is 2. The lowest BCUT2D eigenvalue weighted by Gasteiger charge is -2.12. The van der Waals surface area contributed by atoms with Crippen molar-refractivity contribution in [2.45, 2.75) is 32.2 Å². The van der Waals surface area contributed by atoms with Crippen LogP contribution in [0.1, 0.15) is 22.5 Å². The van der Waals surface area contributed by atoms with E-state index >= 15 is 0 Å². The minimum atomic E-state index is -3.49. The van der Waals surface area contributed by atoms with Crippen LogP contribution in [0.5, 0.6) is 0 Å². The molecule has 2 aromatic rings. The van der Waals surface area contributed by atoms with Crippen molar-refractivity contribution >= 4 is 27.3 Å². The highest BCUT2D eigenvalue weighted by atomic mass is 32.2. The topological polar surface area (TPSA) is 95.5 Å². The lowest BCUT2D eigenvalue weighted by molar-refractivity contribution is 0.580. The molecule has 0 radical (unpaired) electrons. The molecule has 7 nitrogen and oxygen atoms in total. The molecule has 1 aromatic heterocycles. The smallest absolute Gasteiger partial charge is 0.240 e. The molecule has 9 heteroatoms. The van der Waals surface area contributed by atoms with Gasteiger partial charge in [-0.25, -0.2) is 23.1 Å². The summed E-state index contributed by atoms with van der Waals surface area (Å²) in [6.45, 7) is 7.90. The molecule has 0 saturated heterocycles. The number of rotatable bonds is 8. The summed E-state index contributed by atoms with van der Waals surface area (Å²) in [7, 11) is -3.49. The van der Waals surface area contributed by atoms with Crippen molar-refractivity contribution in [3.05, 3.63) is 45.9 Å². The van der Waals surface area contributed by atoms with Gasteiger partial charge < -0.3 is 10.6 Å². The molecule has 2 rings (SSSR count). The Balaban J connectivity index is 1.86. The van der Waals surface area contributed by atoms with E-state index in [-0.39, 0.29) is 11.4 Å². The fourth-order valence-electron chi connectivity index (χ4n) is 2.26. The third kappa shape index (κ3) is 6.08. The van der Waals surface area contributed by atoms with Gasteiger partial charge in [0.25, 0.3) is 0 Å². The summed E-state index contributed by atoms with van der Waals surface area (Å²) in [4.78, 5) is 10.3. The molecule has 1 heterocycles. The maximum atomic E-state index is 12.2. The summed E-state index contributed by atoms with van der Waals surface area (Å²) < 4.78 is 26.9. The fourth-order valence-corrected chi connectivity index (χ4v) is 4.18. The molecular weight excluding hydrogens is 370 g/mol. The quantitative estimate of drug-likeness (QED) is 0.360. The van der Waals surface area contributed by atoms with E-state index in [1.807, 2.05) is 20.8 Å². The molecule has 0 atom stereocenters. The highest BCUT2D eigenvalue weighted by Crippen LogP contribution is 2.17. The molecule has 3 N–H and O–H groups in total. The fraction of sp³-hybridized carbons (Fsp3) is 0.412. The summed E-state index contributed by atoms with van der Waals surface area (Å²) in [5.41, 5.74) is 1.00. The molecule has 0 fully saturated rings. The van der Waals surface area contributed by atoms with Crippen LogP contribution in [0, 0.1) is 13.8 Å². The number of guanidine groups is 1. The Hall–Kier alpha value is -1.97. The molecule has 0 saturated carbocycles. The van der Waals surface area contributed by atoms with Crippen LogP contribution in [0.25, 0.3) is 0 Å². The van der Waals surface area contributed by atoms with Gasteiger partial charge in [0, 0.05) is 24.5 Å². The second kappa shape index (κ2) is 9.65. The number of hydrogen-bond acceptors (Lipinski definition) is 5. The predicted molar refractivity (Wildman–Crippen MR) is 106 cm³/mol. The van der Waals surface area contributed by atoms with E-state index in [4.69, 9.17) is 0 Å². The number of nitrogens with one attached hydrogen (secondary N) is 3. The van der Waals surface area contributed by atoms with E-state index < -0.39 is 10.0 Å². The molecule has 26 heavy (non-hydrogen) atoms. The second-order valence-electron chi connectivity index (χ2n) is 5.57. The summed E-state index contributed by atoms with van der Waals surface area (Å²) >= 11 is 1.64. The van der Waals surface area contributed by atoms with E-state index in [1.165, 1.54) is 0 Å². The first kappa shape index (κ1) is 20.3. The van der Waals surface area contributed by atoms with Crippen molar-refractivity contribution in [2.24, 2.45) is 4.99 Å². The second-order valence-corrected chi connectivity index (χ2v) is 8.63. The van der Waals surface area contributed by atoms with E-state index in [0.29, 0.717) is 19.0 Å². The van der Waals surface area contributed by atoms with Crippen LogP contribution in [-0.2, 0) is 16.6 Å². The summed E-state index contributed by atoms with van der Waals surface area (Å²) in [5.74, 6) is 0.650. The van der Waals surface area contributed by atoms with Gasteiger partial charge >= 0.3 is 0 Å². The van der Waals surface area contributed by atoms with E-state index in [0.717, 1.165) is 22.1 Å². The number of benzene rings is 1. The Morgan fingerprint density at radius 1 is 1.15 bits per heavy atom. The van der Waals surface area contributed by atoms with Crippen LogP contribution >= 0.6 is 11.3 Å². The van der Waals surface area contributed by atoms with Crippen LogP contribution < -0.4 is 15.4 Å². The Morgan fingerprint density at radius 3 is 2.50 bits per heavy atom. The predicted octanol–water partition coefficient (Wildman–Crippen LogP) is 1.79. The number of hydrogen-bond donors (Lipinski definition) is 3. The third-order valence-electron chi connectivity index (χ3n) is 3.49. The lowest BCUT2D eigenvalue weighted by atomic mass is 10.4. The van der Waals surface area contributed by atoms with Gasteiger partial charge in [-0.15, -0.1) is 11.3 Å². The Labute approximate surface area is 159 Å². The number of aliphatic imine (C=N–C) groups is 1. The van der Waals surface area contributed by atoms with Crippen molar-refractivity contribution in [2.75, 3.05) is 19.6 Å². The zero-order valence-electron chi connectivity index (χ0n) is 15.2. The zero-order valence-corrected chi connectivity index (χ0v) is 16.9. The van der Waals surface area contributed by atoms with Crippen molar-refractivity contribution in [1.82, 2.24) is 20.3 Å². The molecule has 0 aliphatic heterocycles. The van der Waals surface area contributed by atoms with E-state index in [2.05, 4.69) is 25.3 Å². The number of thiazole rings is 1. The third-order valence-corrected chi connectivity index (χ3v) is 6.02. The zero-order chi connectivity index (χ0) is 19.0. The van der Waals surface area contributed by atoms with E-state index in [1.54, 1.807) is 41.7 Å². The van der Waals surface area contributed by atoms with Gasteiger partial charge in [-0.1, -0.05) is 18.2 Å². The van der Waals surface area contributed by atoms with Crippen molar-refractivity contribution < 1.29 is 8.42 Å². The Kier molecular flexibility index (Phi) is 7.55. The molecule has 0 amide bonds. The molecule has 142 valence electrons. The largest absolute Gasteiger partial charge is 0.357 e. The molecule has 0 unspecified atom stereocenters. The van der Waals surface area contributed by atoms with Crippen molar-refractivity contribution in [1.29, 1.82) is 0 Å². The first-order valence-electron chi connectivity index (χ1n) is 8.42. The highest BCUT2D eigenvalue weighted by molar-refractivity contribution is 7.89. The van der Waals surface area contributed by atoms with Crippen LogP contribution in [0.15, 0.2) is 40.2 Å². The molecule has 0 spiro atoms. The maximum Gasteiger partial charge on any atom is 0.240 e.